The van der Waals surface area contributed by atoms with E-state index in [4.69, 9.17) is 0 Å². The Balaban J connectivity index is 1.94. The summed E-state index contributed by atoms with van der Waals surface area (Å²) in [5.41, 5.74) is -0.197. The molecule has 8 heteroatoms. The van der Waals surface area contributed by atoms with Gasteiger partial charge in [-0.1, -0.05) is 19.1 Å². The van der Waals surface area contributed by atoms with E-state index in [0.717, 1.165) is 44.1 Å². The second kappa shape index (κ2) is 7.73. The van der Waals surface area contributed by atoms with Crippen LogP contribution in [0.25, 0.3) is 11.3 Å². The lowest BCUT2D eigenvalue weighted by Gasteiger charge is -2.27. The third-order valence-corrected chi connectivity index (χ3v) is 6.23. The van der Waals surface area contributed by atoms with Gasteiger partial charge >= 0.3 is 6.18 Å². The summed E-state index contributed by atoms with van der Waals surface area (Å²) in [5.74, 6) is 0.827. The lowest BCUT2D eigenvalue weighted by molar-refractivity contribution is -0.137. The van der Waals surface area contributed by atoms with E-state index >= 15 is 0 Å². The van der Waals surface area contributed by atoms with Crippen molar-refractivity contribution in [2.24, 2.45) is 5.92 Å². The lowest BCUT2D eigenvalue weighted by Crippen LogP contribution is -2.26. The first-order valence-electron chi connectivity index (χ1n) is 9.18. The van der Waals surface area contributed by atoms with Crippen molar-refractivity contribution in [3.8, 4) is 11.3 Å². The van der Waals surface area contributed by atoms with Crippen LogP contribution in [-0.4, -0.2) is 25.7 Å². The zero-order valence-corrected chi connectivity index (χ0v) is 16.6. The molecule has 3 rings (SSSR count). The summed E-state index contributed by atoms with van der Waals surface area (Å²) in [5, 5.41) is 3.15. The lowest BCUT2D eigenvalue weighted by atomic mass is 9.87. The molecule has 4 nitrogen and oxygen atoms in total. The Labute approximate surface area is 163 Å². The van der Waals surface area contributed by atoms with E-state index in [-0.39, 0.29) is 22.4 Å². The van der Waals surface area contributed by atoms with Crippen molar-refractivity contribution in [3.63, 3.8) is 0 Å². The molecule has 2 aromatic rings. The molecule has 0 aliphatic heterocycles. The molecule has 0 atom stereocenters. The van der Waals surface area contributed by atoms with Crippen molar-refractivity contribution in [1.82, 2.24) is 4.98 Å². The molecule has 1 aliphatic carbocycles. The summed E-state index contributed by atoms with van der Waals surface area (Å²) in [7, 11) is -3.38. The van der Waals surface area contributed by atoms with Crippen molar-refractivity contribution in [1.29, 1.82) is 0 Å². The predicted molar refractivity (Wildman–Crippen MR) is 103 cm³/mol. The topological polar surface area (TPSA) is 59.1 Å². The number of rotatable bonds is 4. The van der Waals surface area contributed by atoms with Crippen LogP contribution in [-0.2, 0) is 16.0 Å². The Morgan fingerprint density at radius 3 is 2.18 bits per heavy atom. The summed E-state index contributed by atoms with van der Waals surface area (Å²) < 4.78 is 63.3. The molecule has 0 spiro atoms. The number of sulfone groups is 1. The molecular weight excluding hydrogens is 389 g/mol. The van der Waals surface area contributed by atoms with Crippen LogP contribution in [0.2, 0.25) is 0 Å². The molecule has 1 N–H and O–H groups in total. The largest absolute Gasteiger partial charge is 0.416 e. The quantitative estimate of drug-likeness (QED) is 0.753. The second-order valence-electron chi connectivity index (χ2n) is 7.52. The highest BCUT2D eigenvalue weighted by molar-refractivity contribution is 7.90. The summed E-state index contributed by atoms with van der Waals surface area (Å²) in [6.45, 7) is 2.18. The van der Waals surface area contributed by atoms with Crippen LogP contribution < -0.4 is 5.32 Å². The monoisotopic (exact) mass is 412 g/mol. The van der Waals surface area contributed by atoms with Gasteiger partial charge in [-0.15, -0.1) is 0 Å². The minimum absolute atomic E-state index is 0.104. The zero-order valence-electron chi connectivity index (χ0n) is 15.8. The second-order valence-corrected chi connectivity index (χ2v) is 9.54. The third-order valence-electron chi connectivity index (χ3n) is 5.10. The fraction of sp³-hybridized carbons (Fsp3) is 0.450. The van der Waals surface area contributed by atoms with Crippen LogP contribution in [0, 0.1) is 5.92 Å². The first kappa shape index (κ1) is 20.6. The minimum atomic E-state index is -4.50. The molecule has 0 radical (unpaired) electrons. The van der Waals surface area contributed by atoms with Crippen LogP contribution in [0.4, 0.5) is 19.0 Å². The molecule has 1 fully saturated rings. The summed E-state index contributed by atoms with van der Waals surface area (Å²) in [4.78, 5) is 4.47. The Bertz CT molecular complexity index is 933. The number of benzene rings is 1. The number of pyridine rings is 1. The van der Waals surface area contributed by atoms with E-state index in [1.165, 1.54) is 24.3 Å². The van der Waals surface area contributed by atoms with Crippen molar-refractivity contribution in [2.75, 3.05) is 11.6 Å². The number of halogens is 3. The molecule has 1 saturated carbocycles. The molecule has 0 unspecified atom stereocenters. The molecule has 1 heterocycles. The van der Waals surface area contributed by atoms with Gasteiger partial charge in [-0.05, 0) is 55.9 Å². The minimum Gasteiger partial charge on any atom is -0.367 e. The number of anilines is 1. The molecule has 0 bridgehead atoms. The molecule has 1 aliphatic rings. The molecule has 1 aromatic heterocycles. The summed E-state index contributed by atoms with van der Waals surface area (Å²) in [6.07, 6.45) is 0.460. The normalized spacial score (nSPS) is 20.8. The van der Waals surface area contributed by atoms with E-state index in [0.29, 0.717) is 11.5 Å². The van der Waals surface area contributed by atoms with Crippen molar-refractivity contribution in [3.05, 3.63) is 42.0 Å². The molecule has 1 aromatic carbocycles. The van der Waals surface area contributed by atoms with Gasteiger partial charge in [-0.3, -0.25) is 0 Å². The zero-order chi connectivity index (χ0) is 20.5. The van der Waals surface area contributed by atoms with Crippen LogP contribution in [0.5, 0.6) is 0 Å². The highest BCUT2D eigenvalue weighted by atomic mass is 32.2. The fourth-order valence-corrected chi connectivity index (χ4v) is 4.03. The van der Waals surface area contributed by atoms with Gasteiger partial charge in [0.25, 0.3) is 0 Å². The predicted octanol–water partition coefficient (Wildman–Crippen LogP) is 5.16. The standard InChI is InChI=1S/C20H23F3N2O2S/c1-13-3-7-16(8-4-13)24-19-12-15(20(21,22)23)11-18(25-19)14-5-9-17(10-6-14)28(2,26)27/h5-6,9-13,16H,3-4,7-8H2,1-2H3,(H,24,25). The summed E-state index contributed by atoms with van der Waals surface area (Å²) >= 11 is 0. The van der Waals surface area contributed by atoms with Gasteiger partial charge < -0.3 is 5.32 Å². The first-order chi connectivity index (χ1) is 13.0. The Morgan fingerprint density at radius 1 is 1.04 bits per heavy atom. The summed E-state index contributed by atoms with van der Waals surface area (Å²) in [6, 6.07) is 7.84. The van der Waals surface area contributed by atoms with Gasteiger partial charge in [0.2, 0.25) is 0 Å². The third kappa shape index (κ3) is 5.04. The van der Waals surface area contributed by atoms with Crippen LogP contribution >= 0.6 is 0 Å². The number of alkyl halides is 3. The number of aromatic nitrogens is 1. The van der Waals surface area contributed by atoms with Crippen molar-refractivity contribution in [2.45, 2.75) is 49.7 Å². The van der Waals surface area contributed by atoms with E-state index in [9.17, 15) is 21.6 Å². The van der Waals surface area contributed by atoms with Crippen LogP contribution in [0.1, 0.15) is 38.2 Å². The van der Waals surface area contributed by atoms with Crippen LogP contribution in [0.15, 0.2) is 41.3 Å². The number of hydrogen-bond donors (Lipinski definition) is 1. The van der Waals surface area contributed by atoms with E-state index in [1.807, 2.05) is 0 Å². The maximum absolute atomic E-state index is 13.4. The average Bonchev–Trinajstić information content (AvgIpc) is 2.62. The van der Waals surface area contributed by atoms with Gasteiger partial charge in [0.05, 0.1) is 16.2 Å². The van der Waals surface area contributed by atoms with Crippen LogP contribution in [0.3, 0.4) is 0 Å². The Hall–Kier alpha value is -2.09. The maximum atomic E-state index is 13.4. The highest BCUT2D eigenvalue weighted by Gasteiger charge is 2.32. The molecule has 152 valence electrons. The number of nitrogens with zero attached hydrogens (tertiary/aromatic N) is 1. The van der Waals surface area contributed by atoms with Gasteiger partial charge in [0.15, 0.2) is 9.84 Å². The Morgan fingerprint density at radius 2 is 1.64 bits per heavy atom. The fourth-order valence-electron chi connectivity index (χ4n) is 3.40. The first-order valence-corrected chi connectivity index (χ1v) is 11.1. The van der Waals surface area contributed by atoms with E-state index in [1.54, 1.807) is 0 Å². The van der Waals surface area contributed by atoms with Crippen molar-refractivity contribution >= 4 is 15.7 Å². The van der Waals surface area contributed by atoms with Gasteiger partial charge in [-0.25, -0.2) is 13.4 Å². The molecule has 0 saturated heterocycles. The van der Waals surface area contributed by atoms with E-state index < -0.39 is 21.6 Å². The van der Waals surface area contributed by atoms with E-state index in [2.05, 4.69) is 17.2 Å². The van der Waals surface area contributed by atoms with Crippen molar-refractivity contribution < 1.29 is 21.6 Å². The SMILES string of the molecule is CC1CCC(Nc2cc(C(F)(F)F)cc(-c3ccc(S(C)(=O)=O)cc3)n2)CC1. The average molecular weight is 412 g/mol. The highest BCUT2D eigenvalue weighted by Crippen LogP contribution is 2.34. The van der Waals surface area contributed by atoms with Gasteiger partial charge in [0.1, 0.15) is 5.82 Å². The van der Waals surface area contributed by atoms with Gasteiger partial charge in [0, 0.05) is 17.9 Å². The number of nitrogens with one attached hydrogen (secondary N) is 1. The molecule has 0 amide bonds. The molecule has 28 heavy (non-hydrogen) atoms. The maximum Gasteiger partial charge on any atom is 0.416 e. The molecular formula is C20H23F3N2O2S. The van der Waals surface area contributed by atoms with Gasteiger partial charge in [-0.2, -0.15) is 13.2 Å². The smallest absolute Gasteiger partial charge is 0.367 e. The Kier molecular flexibility index (Phi) is 5.70. The number of hydrogen-bond acceptors (Lipinski definition) is 4.